The second-order valence-corrected chi connectivity index (χ2v) is 9.39. The molecule has 0 aromatic heterocycles. The lowest BCUT2D eigenvalue weighted by Gasteiger charge is -2.35. The molecule has 9 heteroatoms. The summed E-state index contributed by atoms with van der Waals surface area (Å²) in [4.78, 5) is 24.9. The molecule has 1 aliphatic carbocycles. The minimum absolute atomic E-state index is 0.187. The van der Waals surface area contributed by atoms with Crippen LogP contribution in [0, 0.1) is 11.8 Å². The topological polar surface area (TPSA) is 87.1 Å². The van der Waals surface area contributed by atoms with Crippen LogP contribution >= 0.6 is 15.9 Å². The van der Waals surface area contributed by atoms with E-state index in [-0.39, 0.29) is 18.1 Å². The minimum atomic E-state index is -3.48. The number of aliphatic hydroxyl groups is 1. The van der Waals surface area contributed by atoms with Crippen molar-refractivity contribution in [2.24, 2.45) is 11.8 Å². The Labute approximate surface area is 194 Å². The van der Waals surface area contributed by atoms with E-state index in [1.165, 1.54) is 29.2 Å². The van der Waals surface area contributed by atoms with Crippen molar-refractivity contribution >= 4 is 28.0 Å². The fourth-order valence-electron chi connectivity index (χ4n) is 4.34. The average molecular weight is 516 g/mol. The number of hydrogen-bond donors (Lipinski definition) is 2. The van der Waals surface area contributed by atoms with E-state index in [9.17, 15) is 23.5 Å². The molecule has 2 atom stereocenters. The Balaban J connectivity index is 1.60. The lowest BCUT2D eigenvalue weighted by atomic mass is 9.80. The largest absolute Gasteiger partial charge is 0.481 e. The Bertz CT molecular complexity index is 841. The number of carboxylic acids is 1. The molecule has 176 valence electrons. The molecule has 0 bridgehead atoms. The quantitative estimate of drug-likeness (QED) is 0.478. The van der Waals surface area contributed by atoms with E-state index in [0.29, 0.717) is 42.6 Å². The van der Waals surface area contributed by atoms with E-state index >= 15 is 0 Å². The van der Waals surface area contributed by atoms with Gasteiger partial charge < -0.3 is 19.8 Å². The van der Waals surface area contributed by atoms with E-state index in [1.807, 2.05) is 0 Å². The van der Waals surface area contributed by atoms with Crippen molar-refractivity contribution in [1.29, 1.82) is 0 Å². The number of halogens is 3. The van der Waals surface area contributed by atoms with Gasteiger partial charge in [0.2, 0.25) is 0 Å². The van der Waals surface area contributed by atoms with Crippen LogP contribution in [0.1, 0.15) is 44.1 Å². The number of hydrogen-bond acceptors (Lipinski definition) is 4. The molecular formula is C23H28BrF2NO5. The van der Waals surface area contributed by atoms with E-state index < -0.39 is 30.1 Å². The number of amides is 1. The highest BCUT2D eigenvalue weighted by Crippen LogP contribution is 2.34. The lowest BCUT2D eigenvalue weighted by Crippen LogP contribution is -2.46. The third-order valence-corrected chi connectivity index (χ3v) is 6.84. The number of carbonyl (C=O) groups excluding carboxylic acids is 1. The number of cyclic esters (lactones) is 1. The molecule has 1 saturated carbocycles. The number of aliphatic carboxylic acids is 1. The van der Waals surface area contributed by atoms with Crippen molar-refractivity contribution in [3.8, 4) is 0 Å². The Hall–Kier alpha value is -2.00. The molecule has 2 fully saturated rings. The maximum atomic E-state index is 14.7. The molecule has 1 aromatic rings. The smallest absolute Gasteiger partial charge is 0.410 e. The van der Waals surface area contributed by atoms with Gasteiger partial charge in [0, 0.05) is 23.0 Å². The first-order chi connectivity index (χ1) is 15.2. The number of carboxylic acid groups (broad SMARTS) is 1. The second-order valence-electron chi connectivity index (χ2n) is 8.47. The van der Waals surface area contributed by atoms with E-state index in [4.69, 9.17) is 9.84 Å². The standard InChI is InChI=1S/C23H28BrF2NO5/c24-18-3-1-2-17(14-18)23(25,26)20(28)9-8-19-11-13-32-22(31)27(19)12-10-15-4-6-16(7-5-15)21(29)30/h1-3,8-9,14-16,19-20,28H,4-7,10-13H2,(H,29,30)/t15?,16?,19-,20+/m0/s1. The summed E-state index contributed by atoms with van der Waals surface area (Å²) in [5, 5.41) is 19.3. The Morgan fingerprint density at radius 1 is 1.28 bits per heavy atom. The first-order valence-corrected chi connectivity index (χ1v) is 11.6. The summed E-state index contributed by atoms with van der Waals surface area (Å²) in [5.41, 5.74) is -0.305. The number of rotatable bonds is 8. The normalized spacial score (nSPS) is 25.6. The van der Waals surface area contributed by atoms with E-state index in [1.54, 1.807) is 6.07 Å². The molecule has 1 amide bonds. The van der Waals surface area contributed by atoms with Crippen molar-refractivity contribution in [3.63, 3.8) is 0 Å². The number of aliphatic hydroxyl groups excluding tert-OH is 1. The van der Waals surface area contributed by atoms with Crippen molar-refractivity contribution in [1.82, 2.24) is 4.90 Å². The maximum Gasteiger partial charge on any atom is 0.410 e. The first kappa shape index (κ1) is 24.6. The molecule has 6 nitrogen and oxygen atoms in total. The van der Waals surface area contributed by atoms with Gasteiger partial charge in [0.05, 0.1) is 18.6 Å². The molecule has 0 radical (unpaired) electrons. The highest BCUT2D eigenvalue weighted by atomic mass is 79.9. The Morgan fingerprint density at radius 3 is 2.66 bits per heavy atom. The summed E-state index contributed by atoms with van der Waals surface area (Å²) in [6.07, 6.45) is 3.95. The summed E-state index contributed by atoms with van der Waals surface area (Å²) >= 11 is 3.16. The molecule has 0 spiro atoms. The van der Waals surface area contributed by atoms with Gasteiger partial charge in [-0.05, 0) is 50.2 Å². The van der Waals surface area contributed by atoms with Crippen LogP contribution in [-0.2, 0) is 15.5 Å². The van der Waals surface area contributed by atoms with Crippen LogP contribution in [0.25, 0.3) is 0 Å². The Kier molecular flexibility index (Phi) is 8.27. The monoisotopic (exact) mass is 515 g/mol. The van der Waals surface area contributed by atoms with Crippen molar-refractivity contribution in [3.05, 3.63) is 46.5 Å². The van der Waals surface area contributed by atoms with Crippen LogP contribution < -0.4 is 0 Å². The second kappa shape index (κ2) is 10.7. The first-order valence-electron chi connectivity index (χ1n) is 10.8. The lowest BCUT2D eigenvalue weighted by molar-refractivity contribution is -0.143. The highest BCUT2D eigenvalue weighted by Gasteiger charge is 2.39. The van der Waals surface area contributed by atoms with Gasteiger partial charge in [-0.2, -0.15) is 8.78 Å². The van der Waals surface area contributed by atoms with Crippen LogP contribution in [0.2, 0.25) is 0 Å². The summed E-state index contributed by atoms with van der Waals surface area (Å²) in [6, 6.07) is 5.18. The van der Waals surface area contributed by atoms with Crippen LogP contribution in [0.5, 0.6) is 0 Å². The molecule has 0 unspecified atom stereocenters. The molecule has 32 heavy (non-hydrogen) atoms. The zero-order valence-electron chi connectivity index (χ0n) is 17.6. The van der Waals surface area contributed by atoms with Gasteiger partial charge in [-0.15, -0.1) is 0 Å². The third kappa shape index (κ3) is 6.07. The molecule has 1 saturated heterocycles. The van der Waals surface area contributed by atoms with Crippen LogP contribution in [0.3, 0.4) is 0 Å². The maximum absolute atomic E-state index is 14.7. The fourth-order valence-corrected chi connectivity index (χ4v) is 4.74. The van der Waals surface area contributed by atoms with Gasteiger partial charge >= 0.3 is 18.0 Å². The number of nitrogens with zero attached hydrogens (tertiary/aromatic N) is 1. The van der Waals surface area contributed by atoms with E-state index in [0.717, 1.165) is 18.9 Å². The van der Waals surface area contributed by atoms with Gasteiger partial charge in [0.15, 0.2) is 0 Å². The average Bonchev–Trinajstić information content (AvgIpc) is 2.77. The highest BCUT2D eigenvalue weighted by molar-refractivity contribution is 9.10. The summed E-state index contributed by atoms with van der Waals surface area (Å²) in [5.74, 6) is -4.22. The number of carbonyl (C=O) groups is 2. The molecule has 2 aliphatic rings. The summed E-state index contributed by atoms with van der Waals surface area (Å²) < 4.78 is 35.0. The van der Waals surface area contributed by atoms with Gasteiger partial charge in [-0.25, -0.2) is 4.79 Å². The fraction of sp³-hybridized carbons (Fsp3) is 0.565. The van der Waals surface area contributed by atoms with Crippen molar-refractivity contribution < 1.29 is 33.3 Å². The van der Waals surface area contributed by atoms with Crippen molar-refractivity contribution in [2.45, 2.75) is 56.6 Å². The summed E-state index contributed by atoms with van der Waals surface area (Å²) in [6.45, 7) is 0.584. The van der Waals surface area contributed by atoms with Crippen molar-refractivity contribution in [2.75, 3.05) is 13.2 Å². The minimum Gasteiger partial charge on any atom is -0.481 e. The van der Waals surface area contributed by atoms with Gasteiger partial charge in [0.25, 0.3) is 0 Å². The molecular weight excluding hydrogens is 488 g/mol. The zero-order valence-corrected chi connectivity index (χ0v) is 19.2. The van der Waals surface area contributed by atoms with Gasteiger partial charge in [-0.3, -0.25) is 4.79 Å². The molecule has 1 aliphatic heterocycles. The number of benzene rings is 1. The Morgan fingerprint density at radius 2 is 2.00 bits per heavy atom. The zero-order chi connectivity index (χ0) is 23.3. The summed E-state index contributed by atoms with van der Waals surface area (Å²) in [7, 11) is 0. The predicted octanol–water partition coefficient (Wildman–Crippen LogP) is 4.95. The van der Waals surface area contributed by atoms with Crippen LogP contribution in [-0.4, -0.2) is 52.5 Å². The number of ether oxygens (including phenoxy) is 1. The van der Waals surface area contributed by atoms with Gasteiger partial charge in [-0.1, -0.05) is 40.2 Å². The number of alkyl halides is 2. The molecule has 1 aromatic carbocycles. The van der Waals surface area contributed by atoms with Crippen LogP contribution in [0.4, 0.5) is 13.6 Å². The molecule has 2 N–H and O–H groups in total. The third-order valence-electron chi connectivity index (χ3n) is 6.34. The predicted molar refractivity (Wildman–Crippen MR) is 117 cm³/mol. The van der Waals surface area contributed by atoms with E-state index in [2.05, 4.69) is 15.9 Å². The van der Waals surface area contributed by atoms with Crippen LogP contribution in [0.15, 0.2) is 40.9 Å². The molecule has 3 rings (SSSR count). The SMILES string of the molecule is O=C(O)C1CCC(CCN2C(=O)OCC[C@@H]2C=C[C@@H](O)C(F)(F)c2cccc(Br)c2)CC1. The van der Waals surface area contributed by atoms with Gasteiger partial charge in [0.1, 0.15) is 6.10 Å². The molecule has 1 heterocycles.